The molecule has 0 radical (unpaired) electrons. The van der Waals surface area contributed by atoms with E-state index in [4.69, 9.17) is 21.1 Å². The molecule has 1 aromatic rings. The molecule has 0 aromatic heterocycles. The van der Waals surface area contributed by atoms with Gasteiger partial charge in [-0.25, -0.2) is 0 Å². The van der Waals surface area contributed by atoms with Crippen molar-refractivity contribution in [1.29, 1.82) is 0 Å². The first-order valence-electron chi connectivity index (χ1n) is 6.72. The van der Waals surface area contributed by atoms with Gasteiger partial charge in [0.15, 0.2) is 0 Å². The zero-order valence-electron chi connectivity index (χ0n) is 11.8. The van der Waals surface area contributed by atoms with Gasteiger partial charge in [-0.3, -0.25) is 0 Å². The van der Waals surface area contributed by atoms with E-state index in [0.29, 0.717) is 5.92 Å². The summed E-state index contributed by atoms with van der Waals surface area (Å²) in [5, 5.41) is 4.21. The summed E-state index contributed by atoms with van der Waals surface area (Å²) in [5.74, 6) is 0.490. The Balaban J connectivity index is 2.49. The Labute approximate surface area is 121 Å². The highest BCUT2D eigenvalue weighted by atomic mass is 35.5. The molecule has 1 aromatic carbocycles. The summed E-state index contributed by atoms with van der Waals surface area (Å²) in [6.45, 7) is 3.38. The Bertz CT molecular complexity index is 329. The van der Waals surface area contributed by atoms with Crippen molar-refractivity contribution in [3.8, 4) is 0 Å². The van der Waals surface area contributed by atoms with Crippen molar-refractivity contribution < 1.29 is 9.47 Å². The zero-order chi connectivity index (χ0) is 13.9. The van der Waals surface area contributed by atoms with Crippen molar-refractivity contribution in [1.82, 2.24) is 5.32 Å². The topological polar surface area (TPSA) is 30.5 Å². The predicted molar refractivity (Wildman–Crippen MR) is 80.0 cm³/mol. The summed E-state index contributed by atoms with van der Waals surface area (Å²) < 4.78 is 10.2. The van der Waals surface area contributed by atoms with Crippen molar-refractivity contribution in [2.45, 2.75) is 18.8 Å². The molecule has 0 spiro atoms. The second kappa shape index (κ2) is 10.2. The van der Waals surface area contributed by atoms with Gasteiger partial charge in [0.05, 0.1) is 6.61 Å². The molecule has 19 heavy (non-hydrogen) atoms. The van der Waals surface area contributed by atoms with E-state index in [0.717, 1.165) is 44.2 Å². The first-order chi connectivity index (χ1) is 9.27. The van der Waals surface area contributed by atoms with Gasteiger partial charge in [-0.15, -0.1) is 0 Å². The van der Waals surface area contributed by atoms with E-state index in [-0.39, 0.29) is 0 Å². The van der Waals surface area contributed by atoms with Crippen molar-refractivity contribution in [3.63, 3.8) is 0 Å². The van der Waals surface area contributed by atoms with Gasteiger partial charge in [0.1, 0.15) is 0 Å². The Morgan fingerprint density at radius 2 is 1.79 bits per heavy atom. The molecule has 0 saturated heterocycles. The van der Waals surface area contributed by atoms with Crippen LogP contribution in [0.3, 0.4) is 0 Å². The van der Waals surface area contributed by atoms with E-state index < -0.39 is 0 Å². The second-order valence-corrected chi connectivity index (χ2v) is 5.02. The van der Waals surface area contributed by atoms with Crippen LogP contribution in [0.1, 0.15) is 24.3 Å². The summed E-state index contributed by atoms with van der Waals surface area (Å²) in [6.07, 6.45) is 2.17. The lowest BCUT2D eigenvalue weighted by Gasteiger charge is -2.18. The maximum Gasteiger partial charge on any atom is 0.0587 e. The molecular weight excluding hydrogens is 262 g/mol. The third kappa shape index (κ3) is 6.92. The molecule has 1 unspecified atom stereocenters. The van der Waals surface area contributed by atoms with Gasteiger partial charge in [0.25, 0.3) is 0 Å². The summed E-state index contributed by atoms with van der Waals surface area (Å²) in [6, 6.07) is 8.13. The number of methoxy groups -OCH3 is 2. The molecule has 4 heteroatoms. The predicted octanol–water partition coefficient (Wildman–Crippen LogP) is 3.09. The molecule has 0 aliphatic heterocycles. The summed E-state index contributed by atoms with van der Waals surface area (Å²) in [7, 11) is 3.46. The molecule has 1 rings (SSSR count). The van der Waals surface area contributed by atoms with E-state index in [1.165, 1.54) is 5.56 Å². The third-order valence-corrected chi connectivity index (χ3v) is 3.37. The number of halogens is 1. The fraction of sp³-hybridized carbons (Fsp3) is 0.600. The van der Waals surface area contributed by atoms with Crippen LogP contribution in [0.5, 0.6) is 0 Å². The van der Waals surface area contributed by atoms with Crippen LogP contribution in [0, 0.1) is 0 Å². The van der Waals surface area contributed by atoms with E-state index in [9.17, 15) is 0 Å². The van der Waals surface area contributed by atoms with Crippen molar-refractivity contribution in [2.24, 2.45) is 0 Å². The molecule has 0 heterocycles. The molecule has 1 N–H and O–H groups in total. The monoisotopic (exact) mass is 285 g/mol. The van der Waals surface area contributed by atoms with Crippen LogP contribution in [-0.4, -0.2) is 40.5 Å². The quantitative estimate of drug-likeness (QED) is 0.670. The zero-order valence-corrected chi connectivity index (χ0v) is 12.6. The van der Waals surface area contributed by atoms with Crippen LogP contribution in [0.2, 0.25) is 5.02 Å². The van der Waals surface area contributed by atoms with Crippen LogP contribution in [0.25, 0.3) is 0 Å². The average molecular weight is 286 g/mol. The molecule has 3 nitrogen and oxygen atoms in total. The van der Waals surface area contributed by atoms with Crippen molar-refractivity contribution in [2.75, 3.05) is 40.5 Å². The number of hydrogen-bond donors (Lipinski definition) is 1. The van der Waals surface area contributed by atoms with E-state index in [2.05, 4.69) is 17.4 Å². The molecule has 108 valence electrons. The van der Waals surface area contributed by atoms with Gasteiger partial charge in [-0.05, 0) is 36.5 Å². The smallest absolute Gasteiger partial charge is 0.0587 e. The Morgan fingerprint density at radius 3 is 2.42 bits per heavy atom. The van der Waals surface area contributed by atoms with E-state index in [1.807, 2.05) is 12.1 Å². The first kappa shape index (κ1) is 16.4. The van der Waals surface area contributed by atoms with E-state index >= 15 is 0 Å². The SMILES string of the molecule is COCCCC(CNCCOC)c1ccc(Cl)cc1. The largest absolute Gasteiger partial charge is 0.385 e. The van der Waals surface area contributed by atoms with Gasteiger partial charge >= 0.3 is 0 Å². The van der Waals surface area contributed by atoms with Crippen molar-refractivity contribution in [3.05, 3.63) is 34.9 Å². The Hall–Kier alpha value is -0.610. The lowest BCUT2D eigenvalue weighted by Crippen LogP contribution is -2.25. The number of benzene rings is 1. The lowest BCUT2D eigenvalue weighted by molar-refractivity contribution is 0.188. The number of hydrogen-bond acceptors (Lipinski definition) is 3. The highest BCUT2D eigenvalue weighted by molar-refractivity contribution is 6.30. The Kier molecular flexibility index (Phi) is 8.84. The standard InChI is InChI=1S/C15H24ClNO2/c1-18-10-3-4-14(12-17-9-11-19-2)13-5-7-15(16)8-6-13/h5-8,14,17H,3-4,9-12H2,1-2H3. The van der Waals surface area contributed by atoms with Gasteiger partial charge in [0.2, 0.25) is 0 Å². The van der Waals surface area contributed by atoms with E-state index in [1.54, 1.807) is 14.2 Å². The number of ether oxygens (including phenoxy) is 2. The highest BCUT2D eigenvalue weighted by Crippen LogP contribution is 2.22. The maximum absolute atomic E-state index is 5.94. The number of rotatable bonds is 10. The second-order valence-electron chi connectivity index (χ2n) is 4.58. The number of nitrogens with one attached hydrogen (secondary N) is 1. The average Bonchev–Trinajstić information content (AvgIpc) is 2.43. The van der Waals surface area contributed by atoms with Crippen LogP contribution in [-0.2, 0) is 9.47 Å². The molecule has 0 fully saturated rings. The van der Waals surface area contributed by atoms with Gasteiger partial charge < -0.3 is 14.8 Å². The van der Waals surface area contributed by atoms with Crippen LogP contribution in [0.4, 0.5) is 0 Å². The third-order valence-electron chi connectivity index (χ3n) is 3.12. The van der Waals surface area contributed by atoms with Crippen LogP contribution in [0.15, 0.2) is 24.3 Å². The van der Waals surface area contributed by atoms with Crippen LogP contribution < -0.4 is 5.32 Å². The molecule has 0 amide bonds. The molecule has 1 atom stereocenters. The van der Waals surface area contributed by atoms with Gasteiger partial charge in [-0.1, -0.05) is 23.7 Å². The fourth-order valence-corrected chi connectivity index (χ4v) is 2.17. The molecule has 0 saturated carbocycles. The molecular formula is C15H24ClNO2. The minimum atomic E-state index is 0.490. The summed E-state index contributed by atoms with van der Waals surface area (Å²) in [4.78, 5) is 0. The Morgan fingerprint density at radius 1 is 1.11 bits per heavy atom. The molecule has 0 bridgehead atoms. The highest BCUT2D eigenvalue weighted by Gasteiger charge is 2.11. The normalized spacial score (nSPS) is 12.6. The lowest BCUT2D eigenvalue weighted by atomic mass is 9.94. The molecule has 0 aliphatic rings. The van der Waals surface area contributed by atoms with Crippen LogP contribution >= 0.6 is 11.6 Å². The maximum atomic E-state index is 5.94. The minimum absolute atomic E-state index is 0.490. The van der Waals surface area contributed by atoms with Gasteiger partial charge in [-0.2, -0.15) is 0 Å². The fourth-order valence-electron chi connectivity index (χ4n) is 2.05. The van der Waals surface area contributed by atoms with Gasteiger partial charge in [0, 0.05) is 38.9 Å². The summed E-state index contributed by atoms with van der Waals surface area (Å²) in [5.41, 5.74) is 1.32. The van der Waals surface area contributed by atoms with Crippen molar-refractivity contribution >= 4 is 11.6 Å². The minimum Gasteiger partial charge on any atom is -0.385 e. The first-order valence-corrected chi connectivity index (χ1v) is 7.09. The summed E-state index contributed by atoms with van der Waals surface area (Å²) >= 11 is 5.94. The molecule has 0 aliphatic carbocycles.